The highest BCUT2D eigenvalue weighted by Crippen LogP contribution is 2.50. The number of methoxy groups -OCH3 is 1. The van der Waals surface area contributed by atoms with Crippen LogP contribution in [-0.2, 0) is 4.74 Å². The molecule has 1 aromatic heterocycles. The molecule has 132 valence electrons. The van der Waals surface area contributed by atoms with Crippen LogP contribution < -0.4 is 0 Å². The van der Waals surface area contributed by atoms with Crippen molar-refractivity contribution in [2.75, 3.05) is 33.3 Å². The summed E-state index contributed by atoms with van der Waals surface area (Å²) >= 11 is 0. The van der Waals surface area contributed by atoms with Crippen molar-refractivity contribution in [3.63, 3.8) is 0 Å². The molecule has 1 amide bonds. The summed E-state index contributed by atoms with van der Waals surface area (Å²) in [5.74, 6) is 0. The van der Waals surface area contributed by atoms with Gasteiger partial charge in [-0.05, 0) is 50.5 Å². The van der Waals surface area contributed by atoms with E-state index in [2.05, 4.69) is 33.9 Å². The lowest BCUT2D eigenvalue weighted by atomic mass is 9.64. The standard InChI is InChI=1S/C18H28N4O2/c1-14-3-9-22(19-14)15-4-7-20(8-5-15)16-11-18(12-16)6-10-21(13-18)17(23)24-2/h3,9,15-16H,4-8,10-13H2,1-2H3. The minimum absolute atomic E-state index is 0.161. The topological polar surface area (TPSA) is 50.6 Å². The number of hydrogen-bond acceptors (Lipinski definition) is 4. The SMILES string of the molecule is COC(=O)N1CCC2(CC(N3CCC(n4ccc(C)n4)CC3)C2)C1. The summed E-state index contributed by atoms with van der Waals surface area (Å²) < 4.78 is 7.02. The predicted molar refractivity (Wildman–Crippen MR) is 90.9 cm³/mol. The molecule has 3 aliphatic rings. The fourth-order valence-corrected chi connectivity index (χ4v) is 4.90. The lowest BCUT2D eigenvalue weighted by Crippen LogP contribution is -2.54. The Morgan fingerprint density at radius 3 is 2.62 bits per heavy atom. The third-order valence-electron chi connectivity index (χ3n) is 6.34. The fourth-order valence-electron chi connectivity index (χ4n) is 4.90. The van der Waals surface area contributed by atoms with Gasteiger partial charge in [0.15, 0.2) is 0 Å². The van der Waals surface area contributed by atoms with E-state index in [1.165, 1.54) is 45.9 Å². The molecular formula is C18H28N4O2. The van der Waals surface area contributed by atoms with Gasteiger partial charge >= 0.3 is 6.09 Å². The molecule has 24 heavy (non-hydrogen) atoms. The summed E-state index contributed by atoms with van der Waals surface area (Å²) in [7, 11) is 1.47. The number of nitrogens with zero attached hydrogens (tertiary/aromatic N) is 4. The van der Waals surface area contributed by atoms with Crippen molar-refractivity contribution in [1.29, 1.82) is 0 Å². The van der Waals surface area contributed by atoms with Crippen LogP contribution in [0.5, 0.6) is 0 Å². The average molecular weight is 332 g/mol. The number of carbonyl (C=O) groups is 1. The van der Waals surface area contributed by atoms with E-state index < -0.39 is 0 Å². The molecule has 1 spiro atoms. The van der Waals surface area contributed by atoms with Gasteiger partial charge in [-0.1, -0.05) is 0 Å². The molecular weight excluding hydrogens is 304 g/mol. The number of ether oxygens (including phenoxy) is 1. The molecule has 2 saturated heterocycles. The number of piperidine rings is 1. The molecule has 0 aromatic carbocycles. The van der Waals surface area contributed by atoms with Crippen molar-refractivity contribution < 1.29 is 9.53 Å². The van der Waals surface area contributed by atoms with Crippen LogP contribution in [-0.4, -0.2) is 65.0 Å². The van der Waals surface area contributed by atoms with Gasteiger partial charge < -0.3 is 14.5 Å². The van der Waals surface area contributed by atoms with Crippen molar-refractivity contribution in [2.45, 2.75) is 51.1 Å². The van der Waals surface area contributed by atoms with Crippen LogP contribution >= 0.6 is 0 Å². The Morgan fingerprint density at radius 1 is 1.25 bits per heavy atom. The van der Waals surface area contributed by atoms with Crippen LogP contribution in [0.3, 0.4) is 0 Å². The molecule has 0 unspecified atom stereocenters. The molecule has 3 heterocycles. The molecule has 1 aromatic rings. The van der Waals surface area contributed by atoms with Crippen molar-refractivity contribution in [2.24, 2.45) is 5.41 Å². The van der Waals surface area contributed by atoms with Gasteiger partial charge in [-0.2, -0.15) is 5.10 Å². The molecule has 4 rings (SSSR count). The lowest BCUT2D eigenvalue weighted by molar-refractivity contribution is -0.00862. The lowest BCUT2D eigenvalue weighted by Gasteiger charge is -2.51. The quantitative estimate of drug-likeness (QED) is 0.835. The molecule has 1 aliphatic carbocycles. The van der Waals surface area contributed by atoms with E-state index in [4.69, 9.17) is 4.74 Å². The highest BCUT2D eigenvalue weighted by molar-refractivity contribution is 5.67. The molecule has 6 nitrogen and oxygen atoms in total. The number of amides is 1. The van der Waals surface area contributed by atoms with Gasteiger partial charge in [0.1, 0.15) is 0 Å². The van der Waals surface area contributed by atoms with Crippen molar-refractivity contribution in [1.82, 2.24) is 19.6 Å². The van der Waals surface area contributed by atoms with Gasteiger partial charge in [-0.25, -0.2) is 4.79 Å². The summed E-state index contributed by atoms with van der Waals surface area (Å²) in [4.78, 5) is 16.2. The van der Waals surface area contributed by atoms with Crippen LogP contribution in [0.2, 0.25) is 0 Å². The zero-order chi connectivity index (χ0) is 16.7. The van der Waals surface area contributed by atoms with Crippen molar-refractivity contribution in [3.05, 3.63) is 18.0 Å². The zero-order valence-electron chi connectivity index (χ0n) is 14.8. The molecule has 0 radical (unpaired) electrons. The van der Waals surface area contributed by atoms with Gasteiger partial charge in [-0.3, -0.25) is 4.68 Å². The van der Waals surface area contributed by atoms with Crippen molar-refractivity contribution in [3.8, 4) is 0 Å². The third-order valence-corrected chi connectivity index (χ3v) is 6.34. The summed E-state index contributed by atoms with van der Waals surface area (Å²) in [5.41, 5.74) is 1.48. The van der Waals surface area contributed by atoms with E-state index in [1.807, 2.05) is 4.90 Å². The van der Waals surface area contributed by atoms with Gasteiger partial charge in [-0.15, -0.1) is 0 Å². The molecule has 1 saturated carbocycles. The maximum Gasteiger partial charge on any atom is 0.409 e. The van der Waals surface area contributed by atoms with E-state index in [-0.39, 0.29) is 6.09 Å². The highest BCUT2D eigenvalue weighted by atomic mass is 16.5. The predicted octanol–water partition coefficient (Wildman–Crippen LogP) is 2.45. The van der Waals surface area contributed by atoms with Gasteiger partial charge in [0, 0.05) is 38.4 Å². The number of aryl methyl sites for hydroxylation is 1. The minimum atomic E-state index is -0.161. The second-order valence-corrected chi connectivity index (χ2v) is 7.91. The molecule has 0 bridgehead atoms. The van der Waals surface area contributed by atoms with Crippen molar-refractivity contribution >= 4 is 6.09 Å². The van der Waals surface area contributed by atoms with Gasteiger partial charge in [0.2, 0.25) is 0 Å². The van der Waals surface area contributed by atoms with E-state index in [0.29, 0.717) is 17.5 Å². The first-order valence-electron chi connectivity index (χ1n) is 9.17. The Labute approximate surface area is 143 Å². The number of rotatable bonds is 2. The van der Waals surface area contributed by atoms with Crippen LogP contribution in [0, 0.1) is 12.3 Å². The first kappa shape index (κ1) is 15.9. The van der Waals surface area contributed by atoms with E-state index in [1.54, 1.807) is 0 Å². The maximum absolute atomic E-state index is 11.7. The number of aromatic nitrogens is 2. The maximum atomic E-state index is 11.7. The van der Waals surface area contributed by atoms with Crippen LogP contribution in [0.1, 0.15) is 43.8 Å². The molecule has 2 aliphatic heterocycles. The minimum Gasteiger partial charge on any atom is -0.453 e. The Hall–Kier alpha value is -1.56. The first-order chi connectivity index (χ1) is 11.6. The smallest absolute Gasteiger partial charge is 0.409 e. The van der Waals surface area contributed by atoms with Crippen LogP contribution in [0.25, 0.3) is 0 Å². The largest absolute Gasteiger partial charge is 0.453 e. The monoisotopic (exact) mass is 332 g/mol. The Balaban J connectivity index is 1.26. The summed E-state index contributed by atoms with van der Waals surface area (Å²) in [6.07, 6.45) is 7.97. The number of carbonyl (C=O) groups excluding carboxylic acids is 1. The molecule has 6 heteroatoms. The van der Waals surface area contributed by atoms with Gasteiger partial charge in [0.25, 0.3) is 0 Å². The summed E-state index contributed by atoms with van der Waals surface area (Å²) in [5, 5.41) is 4.58. The Bertz CT molecular complexity index is 600. The normalized spacial score (nSPS) is 31.4. The van der Waals surface area contributed by atoms with Crippen LogP contribution in [0.15, 0.2) is 12.3 Å². The average Bonchev–Trinajstić information content (AvgIpc) is 3.20. The first-order valence-corrected chi connectivity index (χ1v) is 9.17. The van der Waals surface area contributed by atoms with Crippen LogP contribution in [0.4, 0.5) is 4.79 Å². The summed E-state index contributed by atoms with van der Waals surface area (Å²) in [6.45, 7) is 6.15. The highest BCUT2D eigenvalue weighted by Gasteiger charge is 2.51. The Morgan fingerprint density at radius 2 is 2.00 bits per heavy atom. The number of likely N-dealkylation sites (tertiary alicyclic amines) is 2. The molecule has 0 N–H and O–H groups in total. The number of hydrogen-bond donors (Lipinski definition) is 0. The summed E-state index contributed by atoms with van der Waals surface area (Å²) in [6, 6.07) is 3.36. The molecule has 0 atom stereocenters. The second-order valence-electron chi connectivity index (χ2n) is 7.91. The third kappa shape index (κ3) is 2.81. The van der Waals surface area contributed by atoms with Gasteiger partial charge in [0.05, 0.1) is 18.8 Å². The van der Waals surface area contributed by atoms with E-state index >= 15 is 0 Å². The molecule has 3 fully saturated rings. The fraction of sp³-hybridized carbons (Fsp3) is 0.778. The van der Waals surface area contributed by atoms with E-state index in [0.717, 1.165) is 25.2 Å². The zero-order valence-corrected chi connectivity index (χ0v) is 14.8. The van der Waals surface area contributed by atoms with E-state index in [9.17, 15) is 4.79 Å². The second kappa shape index (κ2) is 6.06. The Kier molecular flexibility index (Phi) is 4.03.